The highest BCUT2D eigenvalue weighted by molar-refractivity contribution is 5.84. The van der Waals surface area contributed by atoms with Crippen LogP contribution in [0.15, 0.2) is 22.6 Å². The maximum atomic E-state index is 10.4. The number of benzene rings is 1. The first kappa shape index (κ1) is 11.1. The molecule has 0 radical (unpaired) electrons. The summed E-state index contributed by atoms with van der Waals surface area (Å²) in [5.74, 6) is 0.387. The van der Waals surface area contributed by atoms with Gasteiger partial charge < -0.3 is 19.1 Å². The highest BCUT2D eigenvalue weighted by atomic mass is 16.5. The van der Waals surface area contributed by atoms with Crippen molar-refractivity contribution in [3.63, 3.8) is 0 Å². The van der Waals surface area contributed by atoms with E-state index in [4.69, 9.17) is 9.15 Å². The van der Waals surface area contributed by atoms with E-state index in [1.807, 2.05) is 12.1 Å². The number of aliphatic carboxylic acids is 1. The van der Waals surface area contributed by atoms with Crippen LogP contribution in [0.2, 0.25) is 0 Å². The lowest BCUT2D eigenvalue weighted by Crippen LogP contribution is -2.28. The molecule has 0 aliphatic heterocycles. The molecular formula is C14H13O4-. The zero-order chi connectivity index (χ0) is 12.5. The van der Waals surface area contributed by atoms with Gasteiger partial charge in [0.05, 0.1) is 5.97 Å². The van der Waals surface area contributed by atoms with Gasteiger partial charge in [0.2, 0.25) is 0 Å². The molecule has 0 spiro atoms. The fourth-order valence-corrected chi connectivity index (χ4v) is 2.47. The Morgan fingerprint density at radius 3 is 3.00 bits per heavy atom. The molecule has 0 unspecified atom stereocenters. The zero-order valence-corrected chi connectivity index (χ0v) is 9.90. The number of aryl methyl sites for hydroxylation is 2. The summed E-state index contributed by atoms with van der Waals surface area (Å²) in [5.41, 5.74) is 2.10. The Labute approximate surface area is 104 Å². The van der Waals surface area contributed by atoms with Gasteiger partial charge in [-0.2, -0.15) is 0 Å². The summed E-state index contributed by atoms with van der Waals surface area (Å²) in [6.45, 7) is -0.425. The fourth-order valence-electron chi connectivity index (χ4n) is 2.47. The normalized spacial score (nSPS) is 14.4. The summed E-state index contributed by atoms with van der Waals surface area (Å²) in [7, 11) is 0. The molecule has 4 nitrogen and oxygen atoms in total. The topological polar surface area (TPSA) is 62.5 Å². The minimum Gasteiger partial charge on any atom is -0.546 e. The third kappa shape index (κ3) is 1.94. The van der Waals surface area contributed by atoms with E-state index in [0.29, 0.717) is 5.75 Å². The van der Waals surface area contributed by atoms with E-state index >= 15 is 0 Å². The minimum absolute atomic E-state index is 0.425. The zero-order valence-electron chi connectivity index (χ0n) is 9.90. The van der Waals surface area contributed by atoms with Crippen molar-refractivity contribution in [2.45, 2.75) is 25.7 Å². The summed E-state index contributed by atoms with van der Waals surface area (Å²) < 4.78 is 10.9. The first-order chi connectivity index (χ1) is 8.74. The molecule has 0 fully saturated rings. The minimum atomic E-state index is -1.22. The molecular weight excluding hydrogens is 232 g/mol. The summed E-state index contributed by atoms with van der Waals surface area (Å²) in [6, 6.07) is 5.41. The number of furan rings is 1. The average Bonchev–Trinajstić information content (AvgIpc) is 2.74. The summed E-state index contributed by atoms with van der Waals surface area (Å²) >= 11 is 0. The van der Waals surface area contributed by atoms with Gasteiger partial charge in [-0.15, -0.1) is 0 Å². The van der Waals surface area contributed by atoms with Gasteiger partial charge in [0.25, 0.3) is 0 Å². The van der Waals surface area contributed by atoms with Crippen molar-refractivity contribution in [3.8, 4) is 5.75 Å². The highest BCUT2D eigenvalue weighted by Gasteiger charge is 2.17. The second-order valence-corrected chi connectivity index (χ2v) is 4.53. The Bertz CT molecular complexity index is 597. The first-order valence-corrected chi connectivity index (χ1v) is 6.11. The third-order valence-electron chi connectivity index (χ3n) is 3.28. The number of fused-ring (bicyclic) bond motifs is 3. The van der Waals surface area contributed by atoms with Crippen LogP contribution in [0.25, 0.3) is 11.0 Å². The molecule has 18 heavy (non-hydrogen) atoms. The summed E-state index contributed by atoms with van der Waals surface area (Å²) in [4.78, 5) is 10.4. The molecule has 1 aromatic carbocycles. The van der Waals surface area contributed by atoms with Gasteiger partial charge in [0, 0.05) is 17.4 Å². The molecule has 0 amide bonds. The van der Waals surface area contributed by atoms with Crippen molar-refractivity contribution >= 4 is 16.9 Å². The highest BCUT2D eigenvalue weighted by Crippen LogP contribution is 2.33. The Hall–Kier alpha value is -1.97. The number of carboxylic acids is 1. The maximum Gasteiger partial charge on any atom is 0.134 e. The van der Waals surface area contributed by atoms with Crippen LogP contribution in [-0.4, -0.2) is 12.6 Å². The van der Waals surface area contributed by atoms with Crippen LogP contribution >= 0.6 is 0 Å². The molecule has 2 aromatic rings. The van der Waals surface area contributed by atoms with E-state index in [9.17, 15) is 9.90 Å². The predicted molar refractivity (Wildman–Crippen MR) is 63.4 cm³/mol. The Morgan fingerprint density at radius 2 is 2.17 bits per heavy atom. The summed E-state index contributed by atoms with van der Waals surface area (Å²) in [5, 5.41) is 11.4. The second kappa shape index (κ2) is 4.37. The SMILES string of the molecule is O=C([O-])COc1ccc2oc3c(c2c1)CCCC3. The van der Waals surface area contributed by atoms with Crippen LogP contribution < -0.4 is 9.84 Å². The van der Waals surface area contributed by atoms with Gasteiger partial charge >= 0.3 is 0 Å². The Morgan fingerprint density at radius 1 is 1.33 bits per heavy atom. The largest absolute Gasteiger partial charge is 0.546 e. The molecule has 0 saturated heterocycles. The maximum absolute atomic E-state index is 10.4. The van der Waals surface area contributed by atoms with Crippen molar-refractivity contribution in [2.24, 2.45) is 0 Å². The van der Waals surface area contributed by atoms with Crippen LogP contribution in [0, 0.1) is 0 Å². The Kier molecular flexibility index (Phi) is 2.70. The molecule has 0 N–H and O–H groups in total. The van der Waals surface area contributed by atoms with E-state index in [0.717, 1.165) is 29.6 Å². The van der Waals surface area contributed by atoms with Crippen molar-refractivity contribution in [1.29, 1.82) is 0 Å². The standard InChI is InChI=1S/C14H14O4/c15-14(16)8-17-9-5-6-13-11(7-9)10-3-1-2-4-12(10)18-13/h5-7H,1-4,8H2,(H,15,16)/p-1. The average molecular weight is 245 g/mol. The van der Waals surface area contributed by atoms with Gasteiger partial charge in [-0.3, -0.25) is 0 Å². The van der Waals surface area contributed by atoms with E-state index in [1.54, 1.807) is 6.07 Å². The third-order valence-corrected chi connectivity index (χ3v) is 3.28. The van der Waals surface area contributed by atoms with E-state index < -0.39 is 12.6 Å². The number of carboxylic acid groups (broad SMARTS) is 1. The second-order valence-electron chi connectivity index (χ2n) is 4.53. The molecule has 1 aliphatic carbocycles. The van der Waals surface area contributed by atoms with Gasteiger partial charge in [-0.1, -0.05) is 0 Å². The van der Waals surface area contributed by atoms with Gasteiger partial charge in [-0.25, -0.2) is 0 Å². The monoisotopic (exact) mass is 245 g/mol. The number of rotatable bonds is 3. The van der Waals surface area contributed by atoms with Gasteiger partial charge in [-0.05, 0) is 37.5 Å². The summed E-state index contributed by atoms with van der Waals surface area (Å²) in [6.07, 6.45) is 4.35. The lowest BCUT2D eigenvalue weighted by Gasteiger charge is -2.09. The van der Waals surface area contributed by atoms with Crippen molar-refractivity contribution in [2.75, 3.05) is 6.61 Å². The molecule has 1 heterocycles. The van der Waals surface area contributed by atoms with Crippen LogP contribution in [0.1, 0.15) is 24.2 Å². The molecule has 1 aromatic heterocycles. The first-order valence-electron chi connectivity index (χ1n) is 6.11. The van der Waals surface area contributed by atoms with E-state index in [1.165, 1.54) is 18.4 Å². The fraction of sp³-hybridized carbons (Fsp3) is 0.357. The number of carbonyl (C=O) groups excluding carboxylic acids is 1. The lowest BCUT2D eigenvalue weighted by molar-refractivity contribution is -0.307. The van der Waals surface area contributed by atoms with Crippen molar-refractivity contribution < 1.29 is 19.1 Å². The lowest BCUT2D eigenvalue weighted by atomic mass is 9.96. The van der Waals surface area contributed by atoms with E-state index in [-0.39, 0.29) is 0 Å². The predicted octanol–water partition coefficient (Wildman–Crippen LogP) is 1.44. The quantitative estimate of drug-likeness (QED) is 0.820. The molecule has 0 saturated carbocycles. The molecule has 0 atom stereocenters. The van der Waals surface area contributed by atoms with Crippen molar-refractivity contribution in [3.05, 3.63) is 29.5 Å². The number of hydrogen-bond donors (Lipinski definition) is 0. The molecule has 94 valence electrons. The van der Waals surface area contributed by atoms with Crippen molar-refractivity contribution in [1.82, 2.24) is 0 Å². The molecule has 0 bridgehead atoms. The van der Waals surface area contributed by atoms with Gasteiger partial charge in [0.1, 0.15) is 23.7 Å². The molecule has 3 rings (SSSR count). The number of carbonyl (C=O) groups is 1. The van der Waals surface area contributed by atoms with Crippen LogP contribution in [0.4, 0.5) is 0 Å². The van der Waals surface area contributed by atoms with Crippen LogP contribution in [-0.2, 0) is 17.6 Å². The molecule has 1 aliphatic rings. The molecule has 4 heteroatoms. The Balaban J connectivity index is 1.97. The van der Waals surface area contributed by atoms with Gasteiger partial charge in [0.15, 0.2) is 0 Å². The van der Waals surface area contributed by atoms with E-state index in [2.05, 4.69) is 0 Å². The van der Waals surface area contributed by atoms with Crippen LogP contribution in [0.5, 0.6) is 5.75 Å². The number of ether oxygens (including phenoxy) is 1. The number of hydrogen-bond acceptors (Lipinski definition) is 4. The van der Waals surface area contributed by atoms with Crippen LogP contribution in [0.3, 0.4) is 0 Å². The smallest absolute Gasteiger partial charge is 0.134 e.